The van der Waals surface area contributed by atoms with Crippen LogP contribution in [0.15, 0.2) is 17.4 Å². The number of anilines is 1. The van der Waals surface area contributed by atoms with Crippen molar-refractivity contribution in [1.29, 1.82) is 0 Å². The van der Waals surface area contributed by atoms with Crippen LogP contribution in [0.1, 0.15) is 32.6 Å². The van der Waals surface area contributed by atoms with Crippen LogP contribution >= 0.6 is 11.8 Å². The first-order valence-corrected chi connectivity index (χ1v) is 8.55. The van der Waals surface area contributed by atoms with Crippen molar-refractivity contribution in [3.05, 3.63) is 12.4 Å². The van der Waals surface area contributed by atoms with Crippen molar-refractivity contribution < 1.29 is 9.53 Å². The second-order valence-electron chi connectivity index (χ2n) is 5.83. The minimum Gasteiger partial charge on any atom is -0.465 e. The summed E-state index contributed by atoms with van der Waals surface area (Å²) in [6, 6.07) is 0. The highest BCUT2D eigenvalue weighted by molar-refractivity contribution is 7.99. The van der Waals surface area contributed by atoms with E-state index in [9.17, 15) is 4.79 Å². The van der Waals surface area contributed by atoms with E-state index in [-0.39, 0.29) is 11.7 Å². The Labute approximate surface area is 129 Å². The topological polar surface area (TPSA) is 55.3 Å². The smallest absolute Gasteiger partial charge is 0.316 e. The Morgan fingerprint density at radius 1 is 1.43 bits per heavy atom. The van der Waals surface area contributed by atoms with Crippen molar-refractivity contribution in [1.82, 2.24) is 9.97 Å². The highest BCUT2D eigenvalue weighted by atomic mass is 32.2. The van der Waals surface area contributed by atoms with Gasteiger partial charge in [0.2, 0.25) is 0 Å². The Bertz CT molecular complexity index is 519. The zero-order valence-electron chi connectivity index (χ0n) is 12.4. The highest BCUT2D eigenvalue weighted by Gasteiger charge is 2.43. The maximum absolute atomic E-state index is 11.4. The van der Waals surface area contributed by atoms with E-state index in [4.69, 9.17) is 4.74 Å². The molecule has 0 atom stereocenters. The largest absolute Gasteiger partial charge is 0.465 e. The Balaban J connectivity index is 1.59. The molecule has 0 bridgehead atoms. The summed E-state index contributed by atoms with van der Waals surface area (Å²) < 4.78 is 4.92. The van der Waals surface area contributed by atoms with Crippen molar-refractivity contribution in [3.63, 3.8) is 0 Å². The summed E-state index contributed by atoms with van der Waals surface area (Å²) in [7, 11) is 0. The second kappa shape index (κ2) is 6.22. The Morgan fingerprint density at radius 2 is 2.29 bits per heavy atom. The highest BCUT2D eigenvalue weighted by Crippen LogP contribution is 2.48. The molecule has 114 valence electrons. The molecule has 2 aliphatic rings. The first-order chi connectivity index (χ1) is 10.2. The number of esters is 1. The molecule has 0 radical (unpaired) electrons. The van der Waals surface area contributed by atoms with Crippen LogP contribution in [0.2, 0.25) is 0 Å². The van der Waals surface area contributed by atoms with Gasteiger partial charge in [-0.05, 0) is 31.6 Å². The molecule has 2 heterocycles. The fourth-order valence-electron chi connectivity index (χ4n) is 3.11. The number of hydrogen-bond donors (Lipinski definition) is 0. The first-order valence-electron chi connectivity index (χ1n) is 7.56. The van der Waals surface area contributed by atoms with E-state index in [0.717, 1.165) is 23.9 Å². The Kier molecular flexibility index (Phi) is 4.33. The number of carbonyl (C=O) groups is 1. The summed E-state index contributed by atoms with van der Waals surface area (Å²) in [4.78, 5) is 22.6. The maximum Gasteiger partial charge on any atom is 0.316 e. The minimum absolute atomic E-state index is 0.204. The molecular formula is C15H21N3O2S. The number of rotatable bonds is 5. The number of thioether (sulfide) groups is 1. The summed E-state index contributed by atoms with van der Waals surface area (Å²) >= 11 is 1.39. The summed E-state index contributed by atoms with van der Waals surface area (Å²) in [6.45, 7) is 4.40. The lowest BCUT2D eigenvalue weighted by atomic mass is 9.68. The van der Waals surface area contributed by atoms with Gasteiger partial charge in [0.15, 0.2) is 0 Å². The lowest BCUT2D eigenvalue weighted by molar-refractivity contribution is -0.139. The molecule has 0 aromatic carbocycles. The molecule has 21 heavy (non-hydrogen) atoms. The molecule has 1 saturated heterocycles. The van der Waals surface area contributed by atoms with Crippen LogP contribution in [-0.2, 0) is 9.53 Å². The van der Waals surface area contributed by atoms with Crippen molar-refractivity contribution >= 4 is 23.5 Å². The average Bonchev–Trinajstić information content (AvgIpc) is 2.91. The molecule has 1 aliphatic heterocycles. The third-order valence-electron chi connectivity index (χ3n) is 4.42. The molecule has 0 N–H and O–H groups in total. The van der Waals surface area contributed by atoms with Crippen molar-refractivity contribution in [2.24, 2.45) is 5.41 Å². The van der Waals surface area contributed by atoms with Gasteiger partial charge >= 0.3 is 5.97 Å². The van der Waals surface area contributed by atoms with Crippen LogP contribution in [0.25, 0.3) is 0 Å². The van der Waals surface area contributed by atoms with Crippen LogP contribution in [0.5, 0.6) is 0 Å². The van der Waals surface area contributed by atoms with Crippen LogP contribution < -0.4 is 4.90 Å². The second-order valence-corrected chi connectivity index (χ2v) is 6.83. The zero-order chi connectivity index (χ0) is 14.7. The molecule has 1 aromatic heterocycles. The van der Waals surface area contributed by atoms with Gasteiger partial charge in [0.05, 0.1) is 24.8 Å². The van der Waals surface area contributed by atoms with Gasteiger partial charge in [-0.25, -0.2) is 4.98 Å². The minimum atomic E-state index is -0.204. The Morgan fingerprint density at radius 3 is 2.95 bits per heavy atom. The molecule has 6 heteroatoms. The van der Waals surface area contributed by atoms with E-state index < -0.39 is 0 Å². The van der Waals surface area contributed by atoms with Gasteiger partial charge in [-0.1, -0.05) is 18.2 Å². The van der Waals surface area contributed by atoms with Gasteiger partial charge < -0.3 is 9.64 Å². The zero-order valence-corrected chi connectivity index (χ0v) is 13.2. The molecule has 1 aliphatic carbocycles. The van der Waals surface area contributed by atoms with E-state index >= 15 is 0 Å². The number of aromatic nitrogens is 2. The Hall–Kier alpha value is -1.30. The van der Waals surface area contributed by atoms with Gasteiger partial charge in [-0.15, -0.1) is 0 Å². The van der Waals surface area contributed by atoms with Crippen molar-refractivity contribution in [2.45, 2.75) is 37.6 Å². The van der Waals surface area contributed by atoms with Gasteiger partial charge in [-0.3, -0.25) is 9.78 Å². The van der Waals surface area contributed by atoms with Crippen LogP contribution in [0, 0.1) is 5.41 Å². The molecule has 1 spiro atoms. The SMILES string of the molecule is CCOC(=O)CSc1cncc(N2CCC3(CCC3)C2)n1. The quantitative estimate of drug-likeness (QED) is 0.615. The summed E-state index contributed by atoms with van der Waals surface area (Å²) in [6.07, 6.45) is 8.89. The predicted molar refractivity (Wildman–Crippen MR) is 82.5 cm³/mol. The number of nitrogens with zero attached hydrogens (tertiary/aromatic N) is 3. The third kappa shape index (κ3) is 3.31. The lowest BCUT2D eigenvalue weighted by Crippen LogP contribution is -2.33. The average molecular weight is 307 g/mol. The molecule has 1 saturated carbocycles. The van der Waals surface area contributed by atoms with Crippen LogP contribution in [-0.4, -0.2) is 41.4 Å². The summed E-state index contributed by atoms with van der Waals surface area (Å²) in [5.41, 5.74) is 0.551. The molecule has 0 unspecified atom stereocenters. The van der Waals surface area contributed by atoms with E-state index in [1.807, 2.05) is 13.1 Å². The van der Waals surface area contributed by atoms with E-state index in [1.54, 1.807) is 6.20 Å². The third-order valence-corrected chi connectivity index (χ3v) is 5.29. The molecule has 0 amide bonds. The van der Waals surface area contributed by atoms with Crippen molar-refractivity contribution in [2.75, 3.05) is 30.3 Å². The normalized spacial score (nSPS) is 19.6. The fourth-order valence-corrected chi connectivity index (χ4v) is 3.75. The van der Waals surface area contributed by atoms with Gasteiger partial charge in [0.1, 0.15) is 10.8 Å². The van der Waals surface area contributed by atoms with E-state index in [1.165, 1.54) is 37.4 Å². The van der Waals surface area contributed by atoms with E-state index in [0.29, 0.717) is 12.0 Å². The monoisotopic (exact) mass is 307 g/mol. The molecule has 3 rings (SSSR count). The summed E-state index contributed by atoms with van der Waals surface area (Å²) in [5, 5.41) is 0.787. The molecule has 1 aromatic rings. The predicted octanol–water partition coefficient (Wildman–Crippen LogP) is 2.51. The maximum atomic E-state index is 11.4. The number of hydrogen-bond acceptors (Lipinski definition) is 6. The van der Waals surface area contributed by atoms with Gasteiger partial charge in [-0.2, -0.15) is 0 Å². The van der Waals surface area contributed by atoms with Gasteiger partial charge in [0.25, 0.3) is 0 Å². The first kappa shape index (κ1) is 14.6. The molecule has 5 nitrogen and oxygen atoms in total. The summed E-state index contributed by atoms with van der Waals surface area (Å²) in [5.74, 6) is 1.02. The van der Waals surface area contributed by atoms with Crippen LogP contribution in [0.3, 0.4) is 0 Å². The fraction of sp³-hybridized carbons (Fsp3) is 0.667. The van der Waals surface area contributed by atoms with Crippen LogP contribution in [0.4, 0.5) is 5.82 Å². The molecule has 2 fully saturated rings. The standard InChI is InChI=1S/C15H21N3O2S/c1-2-20-14(19)10-21-13-9-16-8-12(17-13)18-7-6-15(11-18)4-3-5-15/h8-9H,2-7,10-11H2,1H3. The van der Waals surface area contributed by atoms with E-state index in [2.05, 4.69) is 14.9 Å². The lowest BCUT2D eigenvalue weighted by Gasteiger charge is -2.38. The molecular weight excluding hydrogens is 286 g/mol. The number of ether oxygens (including phenoxy) is 1. The van der Waals surface area contributed by atoms with Crippen molar-refractivity contribution in [3.8, 4) is 0 Å². The van der Waals surface area contributed by atoms with Gasteiger partial charge in [0, 0.05) is 13.1 Å². The number of carbonyl (C=O) groups excluding carboxylic acids is 1.